The van der Waals surface area contributed by atoms with E-state index in [1.54, 1.807) is 17.0 Å². The van der Waals surface area contributed by atoms with Gasteiger partial charge in [0.25, 0.3) is 0 Å². The van der Waals surface area contributed by atoms with Gasteiger partial charge in [-0.2, -0.15) is 5.26 Å². The van der Waals surface area contributed by atoms with Crippen molar-refractivity contribution in [3.8, 4) is 6.07 Å². The molecule has 0 heterocycles. The van der Waals surface area contributed by atoms with E-state index < -0.39 is 5.91 Å². The highest BCUT2D eigenvalue weighted by Gasteiger charge is 2.39. The molecule has 4 N–H and O–H groups in total. The number of benzene rings is 1. The number of rotatable bonds is 12. The molecule has 0 aromatic heterocycles. The highest BCUT2D eigenvalue weighted by Crippen LogP contribution is 2.37. The summed E-state index contributed by atoms with van der Waals surface area (Å²) < 4.78 is 0. The molecule has 3 unspecified atom stereocenters. The van der Waals surface area contributed by atoms with Crippen molar-refractivity contribution in [3.05, 3.63) is 29.8 Å². The van der Waals surface area contributed by atoms with Gasteiger partial charge in [-0.05, 0) is 57.0 Å². The molecule has 1 aromatic rings. The smallest absolute Gasteiger partial charge is 0.248 e. The molecule has 3 atom stereocenters. The van der Waals surface area contributed by atoms with Crippen molar-refractivity contribution in [2.45, 2.75) is 52.1 Å². The molecule has 1 aliphatic carbocycles. The van der Waals surface area contributed by atoms with Gasteiger partial charge in [0, 0.05) is 36.4 Å². The van der Waals surface area contributed by atoms with Gasteiger partial charge in [0.15, 0.2) is 0 Å². The zero-order valence-corrected chi connectivity index (χ0v) is 19.3. The number of carbonyl (C=O) groups is 2. The Hall–Kier alpha value is -2.63. The largest absolute Gasteiger partial charge is 0.366 e. The van der Waals surface area contributed by atoms with Gasteiger partial charge in [0.1, 0.15) is 6.54 Å². The van der Waals surface area contributed by atoms with Gasteiger partial charge in [-0.3, -0.25) is 14.5 Å². The Kier molecular flexibility index (Phi) is 11.6. The Bertz CT molecular complexity index is 716. The number of hydrogen-bond acceptors (Lipinski definition) is 6. The predicted octanol–water partition coefficient (Wildman–Crippen LogP) is 2.01. The minimum Gasteiger partial charge on any atom is -0.366 e. The molecule has 0 saturated heterocycles. The van der Waals surface area contributed by atoms with E-state index in [-0.39, 0.29) is 12.6 Å². The summed E-state index contributed by atoms with van der Waals surface area (Å²) in [5.74, 6) is 0.251. The molecule has 2 amide bonds. The van der Waals surface area contributed by atoms with Crippen LogP contribution in [-0.2, 0) is 4.79 Å². The first kappa shape index (κ1) is 26.4. The molecule has 1 saturated carbocycles. The van der Waals surface area contributed by atoms with E-state index in [0.717, 1.165) is 51.1 Å². The van der Waals surface area contributed by atoms with Gasteiger partial charge < -0.3 is 21.3 Å². The molecule has 2 rings (SSSR count). The molecule has 0 aliphatic heterocycles. The molecule has 31 heavy (non-hydrogen) atoms. The third kappa shape index (κ3) is 9.37. The molecule has 1 aliphatic rings. The Balaban J connectivity index is 0.000000367. The second-order valence-electron chi connectivity index (χ2n) is 8.24. The van der Waals surface area contributed by atoms with Crippen LogP contribution in [-0.4, -0.2) is 67.6 Å². The Morgan fingerprint density at radius 3 is 2.39 bits per heavy atom. The normalized spacial score (nSPS) is 17.7. The summed E-state index contributed by atoms with van der Waals surface area (Å²) in [5, 5.41) is 8.35. The fraction of sp³-hybridized carbons (Fsp3) is 0.609. The van der Waals surface area contributed by atoms with E-state index in [1.165, 1.54) is 0 Å². The summed E-state index contributed by atoms with van der Waals surface area (Å²) in [5.41, 5.74) is 12.7. The number of amides is 2. The standard InChI is InChI=1S/C15H26N4O.C8H12N2O/c1-4-9-19(11-18(3)10-12(2)16)14-7-5-13(6-8-14)15(17)20;1-2-7-5-8(7)10(6-11)4-3-9/h5-8,12H,4,9-11,16H2,1-3H3,(H2,17,20);6-8H,2,4-5H2,1H3. The first-order valence-corrected chi connectivity index (χ1v) is 10.9. The predicted molar refractivity (Wildman–Crippen MR) is 124 cm³/mol. The zero-order valence-electron chi connectivity index (χ0n) is 19.3. The second kappa shape index (κ2) is 13.6. The molecule has 8 heteroatoms. The highest BCUT2D eigenvalue weighted by atomic mass is 16.1. The number of likely N-dealkylation sites (N-methyl/N-ethyl adjacent to an activating group) is 1. The van der Waals surface area contributed by atoms with Crippen LogP contribution in [0.15, 0.2) is 24.3 Å². The summed E-state index contributed by atoms with van der Waals surface area (Å²) in [6.45, 7) is 9.12. The van der Waals surface area contributed by atoms with E-state index in [4.69, 9.17) is 16.7 Å². The summed E-state index contributed by atoms with van der Waals surface area (Å²) in [6, 6.07) is 9.91. The molecule has 1 aromatic carbocycles. The van der Waals surface area contributed by atoms with Crippen molar-refractivity contribution < 1.29 is 9.59 Å². The summed E-state index contributed by atoms with van der Waals surface area (Å²) in [6.07, 6.45) is 4.03. The average molecular weight is 431 g/mol. The van der Waals surface area contributed by atoms with Crippen molar-refractivity contribution in [3.63, 3.8) is 0 Å². The quantitative estimate of drug-likeness (QED) is 0.297. The van der Waals surface area contributed by atoms with Crippen LogP contribution >= 0.6 is 0 Å². The molecule has 0 spiro atoms. The van der Waals surface area contributed by atoms with Crippen LogP contribution in [0.4, 0.5) is 5.69 Å². The Morgan fingerprint density at radius 1 is 1.32 bits per heavy atom. The fourth-order valence-electron chi connectivity index (χ4n) is 3.62. The van der Waals surface area contributed by atoms with Crippen LogP contribution in [0.3, 0.4) is 0 Å². The summed E-state index contributed by atoms with van der Waals surface area (Å²) in [4.78, 5) is 27.6. The van der Waals surface area contributed by atoms with Crippen molar-refractivity contribution in [1.82, 2.24) is 9.80 Å². The van der Waals surface area contributed by atoms with E-state index in [1.807, 2.05) is 25.1 Å². The lowest BCUT2D eigenvalue weighted by molar-refractivity contribution is -0.118. The molecule has 8 nitrogen and oxygen atoms in total. The topological polar surface area (TPSA) is 120 Å². The summed E-state index contributed by atoms with van der Waals surface area (Å²) in [7, 11) is 2.06. The molecule has 1 fully saturated rings. The van der Waals surface area contributed by atoms with E-state index in [0.29, 0.717) is 17.5 Å². The van der Waals surface area contributed by atoms with Gasteiger partial charge >= 0.3 is 0 Å². The van der Waals surface area contributed by atoms with Crippen LogP contribution in [0.2, 0.25) is 0 Å². The van der Waals surface area contributed by atoms with Crippen LogP contribution < -0.4 is 16.4 Å². The monoisotopic (exact) mass is 430 g/mol. The van der Waals surface area contributed by atoms with Gasteiger partial charge in [-0.25, -0.2) is 0 Å². The first-order valence-electron chi connectivity index (χ1n) is 10.9. The molecule has 0 radical (unpaired) electrons. The lowest BCUT2D eigenvalue weighted by atomic mass is 10.2. The van der Waals surface area contributed by atoms with Crippen molar-refractivity contribution in [2.75, 3.05) is 38.3 Å². The van der Waals surface area contributed by atoms with Gasteiger partial charge in [0.05, 0.1) is 12.7 Å². The van der Waals surface area contributed by atoms with Crippen LogP contribution in [0.5, 0.6) is 0 Å². The van der Waals surface area contributed by atoms with Gasteiger partial charge in [-0.1, -0.05) is 20.3 Å². The number of primary amides is 1. The minimum atomic E-state index is -0.396. The lowest BCUT2D eigenvalue weighted by Gasteiger charge is -2.30. The van der Waals surface area contributed by atoms with Crippen LogP contribution in [0.25, 0.3) is 0 Å². The SMILES string of the molecule is CCC1CC1N(C=O)CC#N.CCCN(CN(C)CC(C)N)c1ccc(C(N)=O)cc1. The third-order valence-corrected chi connectivity index (χ3v) is 5.25. The third-order valence-electron chi connectivity index (χ3n) is 5.25. The van der Waals surface area contributed by atoms with Crippen molar-refractivity contribution >= 4 is 18.0 Å². The minimum absolute atomic E-state index is 0.153. The second-order valence-corrected chi connectivity index (χ2v) is 8.24. The molecule has 0 bridgehead atoms. The highest BCUT2D eigenvalue weighted by molar-refractivity contribution is 5.93. The van der Waals surface area contributed by atoms with Crippen LogP contribution in [0, 0.1) is 17.2 Å². The van der Waals surface area contributed by atoms with E-state index in [2.05, 4.69) is 30.7 Å². The number of hydrogen-bond donors (Lipinski definition) is 2. The average Bonchev–Trinajstić information content (AvgIpc) is 3.51. The maximum atomic E-state index is 11.1. The zero-order chi connectivity index (χ0) is 23.4. The number of carbonyl (C=O) groups excluding carboxylic acids is 2. The summed E-state index contributed by atoms with van der Waals surface area (Å²) >= 11 is 0. The van der Waals surface area contributed by atoms with E-state index in [9.17, 15) is 9.59 Å². The lowest BCUT2D eigenvalue weighted by Crippen LogP contribution is -2.41. The maximum Gasteiger partial charge on any atom is 0.248 e. The number of nitrogens with two attached hydrogens (primary N) is 2. The molecular formula is C23H38N6O2. The molecular weight excluding hydrogens is 392 g/mol. The Labute approximate surface area is 186 Å². The molecule has 172 valence electrons. The number of anilines is 1. The van der Waals surface area contributed by atoms with Crippen molar-refractivity contribution in [1.29, 1.82) is 5.26 Å². The van der Waals surface area contributed by atoms with Crippen LogP contribution in [0.1, 0.15) is 50.4 Å². The number of nitrogens with zero attached hydrogens (tertiary/aromatic N) is 4. The number of nitriles is 1. The van der Waals surface area contributed by atoms with E-state index >= 15 is 0 Å². The fourth-order valence-corrected chi connectivity index (χ4v) is 3.62. The Morgan fingerprint density at radius 2 is 1.97 bits per heavy atom. The van der Waals surface area contributed by atoms with Crippen molar-refractivity contribution in [2.24, 2.45) is 17.4 Å². The first-order chi connectivity index (χ1) is 14.8. The van der Waals surface area contributed by atoms with Gasteiger partial charge in [0.2, 0.25) is 12.3 Å². The van der Waals surface area contributed by atoms with Gasteiger partial charge in [-0.15, -0.1) is 0 Å². The maximum absolute atomic E-state index is 11.1.